The monoisotopic (exact) mass is 250 g/mol. The van der Waals surface area contributed by atoms with E-state index < -0.39 is 6.04 Å². The lowest BCUT2D eigenvalue weighted by molar-refractivity contribution is -0.118. The van der Waals surface area contributed by atoms with Crippen LogP contribution in [-0.4, -0.2) is 25.2 Å². The molecule has 0 unspecified atom stereocenters. The summed E-state index contributed by atoms with van der Waals surface area (Å²) in [6, 6.07) is 4.79. The van der Waals surface area contributed by atoms with Gasteiger partial charge in [0, 0.05) is 11.8 Å². The van der Waals surface area contributed by atoms with E-state index in [1.807, 2.05) is 13.8 Å². The first-order chi connectivity index (χ1) is 8.58. The van der Waals surface area contributed by atoms with Crippen molar-refractivity contribution in [3.8, 4) is 11.5 Å². The van der Waals surface area contributed by atoms with E-state index in [0.29, 0.717) is 30.4 Å². The molecule has 2 rings (SSSR count). The van der Waals surface area contributed by atoms with E-state index in [2.05, 4.69) is 5.32 Å². The van der Waals surface area contributed by atoms with E-state index in [-0.39, 0.29) is 11.8 Å². The Morgan fingerprint density at radius 2 is 1.94 bits per heavy atom. The van der Waals surface area contributed by atoms with Crippen LogP contribution in [0.15, 0.2) is 18.2 Å². The van der Waals surface area contributed by atoms with Gasteiger partial charge in [0.2, 0.25) is 5.91 Å². The summed E-state index contributed by atoms with van der Waals surface area (Å²) in [6.07, 6.45) is 0. The summed E-state index contributed by atoms with van der Waals surface area (Å²) in [7, 11) is 0. The molecule has 5 nitrogen and oxygen atoms in total. The molecule has 1 heterocycles. The Morgan fingerprint density at radius 1 is 1.28 bits per heavy atom. The number of ether oxygens (including phenoxy) is 2. The minimum Gasteiger partial charge on any atom is -0.486 e. The molecule has 1 atom stereocenters. The molecule has 0 saturated heterocycles. The number of hydrogen-bond acceptors (Lipinski definition) is 4. The number of carbonyl (C=O) groups excluding carboxylic acids is 1. The Kier molecular flexibility index (Phi) is 3.72. The normalized spacial score (nSPS) is 15.3. The number of nitrogens with one attached hydrogen (secondary N) is 1. The number of fused-ring (bicyclic) bond motifs is 1. The zero-order valence-corrected chi connectivity index (χ0v) is 10.6. The number of hydrogen-bond donors (Lipinski definition) is 2. The second kappa shape index (κ2) is 5.27. The fraction of sp³-hybridized carbons (Fsp3) is 0.462. The molecule has 18 heavy (non-hydrogen) atoms. The van der Waals surface area contributed by atoms with Gasteiger partial charge >= 0.3 is 0 Å². The standard InChI is InChI=1S/C13H18N2O3/c1-8(2)12(14)13(16)15-9-3-4-10-11(7-9)18-6-5-17-10/h3-4,7-8,12H,5-6,14H2,1-2H3,(H,15,16)/t12-/m0/s1. The Bertz CT molecular complexity index is 446. The maximum Gasteiger partial charge on any atom is 0.241 e. The number of amides is 1. The minimum atomic E-state index is -0.516. The van der Waals surface area contributed by atoms with Crippen molar-refractivity contribution >= 4 is 11.6 Å². The molecule has 1 aliphatic heterocycles. The van der Waals surface area contributed by atoms with Crippen LogP contribution in [0.25, 0.3) is 0 Å². The predicted molar refractivity (Wildman–Crippen MR) is 68.9 cm³/mol. The molecule has 1 aromatic rings. The van der Waals surface area contributed by atoms with E-state index in [1.54, 1.807) is 18.2 Å². The fourth-order valence-corrected chi connectivity index (χ4v) is 1.65. The molecule has 0 saturated carbocycles. The second-order valence-electron chi connectivity index (χ2n) is 4.62. The SMILES string of the molecule is CC(C)[C@H](N)C(=O)Nc1ccc2c(c1)OCCO2. The van der Waals surface area contributed by atoms with Crippen molar-refractivity contribution in [2.45, 2.75) is 19.9 Å². The highest BCUT2D eigenvalue weighted by atomic mass is 16.6. The van der Waals surface area contributed by atoms with Gasteiger partial charge in [0.15, 0.2) is 11.5 Å². The molecule has 0 aliphatic carbocycles. The summed E-state index contributed by atoms with van der Waals surface area (Å²) in [4.78, 5) is 11.8. The van der Waals surface area contributed by atoms with E-state index in [0.717, 1.165) is 0 Å². The predicted octanol–water partition coefficient (Wildman–Crippen LogP) is 1.38. The maximum absolute atomic E-state index is 11.8. The lowest BCUT2D eigenvalue weighted by Gasteiger charge is -2.20. The van der Waals surface area contributed by atoms with Gasteiger partial charge in [-0.05, 0) is 18.1 Å². The number of benzene rings is 1. The van der Waals surface area contributed by atoms with Crippen molar-refractivity contribution < 1.29 is 14.3 Å². The lowest BCUT2D eigenvalue weighted by atomic mass is 10.0. The average molecular weight is 250 g/mol. The van der Waals surface area contributed by atoms with Crippen molar-refractivity contribution in [1.29, 1.82) is 0 Å². The zero-order chi connectivity index (χ0) is 13.1. The van der Waals surface area contributed by atoms with Crippen molar-refractivity contribution in [3.05, 3.63) is 18.2 Å². The van der Waals surface area contributed by atoms with Crippen molar-refractivity contribution in [3.63, 3.8) is 0 Å². The van der Waals surface area contributed by atoms with Gasteiger partial charge in [-0.25, -0.2) is 0 Å². The smallest absolute Gasteiger partial charge is 0.241 e. The van der Waals surface area contributed by atoms with Crippen LogP contribution in [0.2, 0.25) is 0 Å². The molecule has 0 spiro atoms. The maximum atomic E-state index is 11.8. The summed E-state index contributed by atoms with van der Waals surface area (Å²) >= 11 is 0. The molecule has 1 aromatic carbocycles. The van der Waals surface area contributed by atoms with E-state index in [1.165, 1.54) is 0 Å². The van der Waals surface area contributed by atoms with Gasteiger partial charge in [-0.2, -0.15) is 0 Å². The molecule has 5 heteroatoms. The topological polar surface area (TPSA) is 73.6 Å². The third-order valence-electron chi connectivity index (χ3n) is 2.83. The molecule has 0 aromatic heterocycles. The van der Waals surface area contributed by atoms with Crippen LogP contribution < -0.4 is 20.5 Å². The van der Waals surface area contributed by atoms with Crippen molar-refractivity contribution in [2.75, 3.05) is 18.5 Å². The first-order valence-electron chi connectivity index (χ1n) is 6.04. The van der Waals surface area contributed by atoms with Crippen LogP contribution in [0.4, 0.5) is 5.69 Å². The van der Waals surface area contributed by atoms with Crippen LogP contribution in [0.3, 0.4) is 0 Å². The van der Waals surface area contributed by atoms with Crippen molar-refractivity contribution in [2.24, 2.45) is 11.7 Å². The Balaban J connectivity index is 2.08. The van der Waals surface area contributed by atoms with Crippen molar-refractivity contribution in [1.82, 2.24) is 0 Å². The number of anilines is 1. The quantitative estimate of drug-likeness (QED) is 0.850. The molecule has 3 N–H and O–H groups in total. The highest BCUT2D eigenvalue weighted by Gasteiger charge is 2.18. The second-order valence-corrected chi connectivity index (χ2v) is 4.62. The summed E-state index contributed by atoms with van der Waals surface area (Å²) in [5.74, 6) is 1.26. The Morgan fingerprint density at radius 3 is 2.61 bits per heavy atom. The van der Waals surface area contributed by atoms with Gasteiger partial charge in [-0.3, -0.25) is 4.79 Å². The molecule has 0 radical (unpaired) electrons. The highest BCUT2D eigenvalue weighted by molar-refractivity contribution is 5.95. The molecule has 1 aliphatic rings. The van der Waals surface area contributed by atoms with Gasteiger partial charge in [-0.15, -0.1) is 0 Å². The Labute approximate surface area is 106 Å². The largest absolute Gasteiger partial charge is 0.486 e. The zero-order valence-electron chi connectivity index (χ0n) is 10.6. The Hall–Kier alpha value is -1.75. The van der Waals surface area contributed by atoms with Crippen LogP contribution >= 0.6 is 0 Å². The molecule has 1 amide bonds. The first kappa shape index (κ1) is 12.7. The van der Waals surface area contributed by atoms with Gasteiger partial charge in [-0.1, -0.05) is 13.8 Å². The molecular formula is C13H18N2O3. The van der Waals surface area contributed by atoms with E-state index in [4.69, 9.17) is 15.2 Å². The number of rotatable bonds is 3. The van der Waals surface area contributed by atoms with Gasteiger partial charge in [0.25, 0.3) is 0 Å². The van der Waals surface area contributed by atoms with Gasteiger partial charge < -0.3 is 20.5 Å². The molecular weight excluding hydrogens is 232 g/mol. The van der Waals surface area contributed by atoms with Crippen LogP contribution in [0.5, 0.6) is 11.5 Å². The van der Waals surface area contributed by atoms with Gasteiger partial charge in [0.1, 0.15) is 13.2 Å². The minimum absolute atomic E-state index is 0.0993. The van der Waals surface area contributed by atoms with Crippen LogP contribution in [0, 0.1) is 5.92 Å². The molecule has 0 bridgehead atoms. The van der Waals surface area contributed by atoms with E-state index >= 15 is 0 Å². The first-order valence-corrected chi connectivity index (χ1v) is 6.04. The van der Waals surface area contributed by atoms with Crippen LogP contribution in [0.1, 0.15) is 13.8 Å². The fourth-order valence-electron chi connectivity index (χ4n) is 1.65. The summed E-state index contributed by atoms with van der Waals surface area (Å²) in [5, 5.41) is 2.77. The summed E-state index contributed by atoms with van der Waals surface area (Å²) < 4.78 is 10.9. The molecule has 98 valence electrons. The number of carbonyl (C=O) groups is 1. The third-order valence-corrected chi connectivity index (χ3v) is 2.83. The molecule has 0 fully saturated rings. The van der Waals surface area contributed by atoms with Gasteiger partial charge in [0.05, 0.1) is 6.04 Å². The highest BCUT2D eigenvalue weighted by Crippen LogP contribution is 2.32. The third kappa shape index (κ3) is 2.73. The van der Waals surface area contributed by atoms with Crippen LogP contribution in [-0.2, 0) is 4.79 Å². The average Bonchev–Trinajstić information content (AvgIpc) is 2.37. The van der Waals surface area contributed by atoms with E-state index in [9.17, 15) is 4.79 Å². The summed E-state index contributed by atoms with van der Waals surface area (Å²) in [6.45, 7) is 4.90. The number of nitrogens with two attached hydrogens (primary N) is 1. The lowest BCUT2D eigenvalue weighted by Crippen LogP contribution is -2.39. The summed E-state index contributed by atoms with van der Waals surface area (Å²) in [5.41, 5.74) is 6.44.